The van der Waals surface area contributed by atoms with Crippen molar-refractivity contribution in [3.05, 3.63) is 84.4 Å². The lowest BCUT2D eigenvalue weighted by molar-refractivity contribution is 0.539. The fraction of sp³-hybridized carbons (Fsp3) is 0.280. The molecule has 3 rings (SSSR count). The van der Waals surface area contributed by atoms with Crippen LogP contribution in [-0.4, -0.2) is 6.04 Å². The van der Waals surface area contributed by atoms with Crippen molar-refractivity contribution in [3.8, 4) is 0 Å². The number of hydrogen-bond donors (Lipinski definition) is 2. The van der Waals surface area contributed by atoms with Gasteiger partial charge < -0.3 is 10.6 Å². The molecule has 28 heavy (non-hydrogen) atoms. The Hall–Kier alpha value is -2.39. The van der Waals surface area contributed by atoms with E-state index in [0.717, 1.165) is 23.5 Å². The maximum Gasteiger partial charge on any atom is 0.0482 e. The lowest BCUT2D eigenvalue weighted by Crippen LogP contribution is -2.17. The molecule has 0 radical (unpaired) electrons. The second kappa shape index (κ2) is 10.2. The molecule has 0 spiro atoms. The molecule has 0 amide bonds. The van der Waals surface area contributed by atoms with Crippen LogP contribution >= 0.6 is 11.8 Å². The average Bonchev–Trinajstić information content (AvgIpc) is 2.69. The molecule has 1 atom stereocenters. The van der Waals surface area contributed by atoms with Crippen molar-refractivity contribution in [1.82, 2.24) is 0 Å². The first kappa shape index (κ1) is 20.3. The van der Waals surface area contributed by atoms with Crippen molar-refractivity contribution in [2.24, 2.45) is 5.92 Å². The van der Waals surface area contributed by atoms with Gasteiger partial charge in [0.2, 0.25) is 0 Å². The zero-order chi connectivity index (χ0) is 19.8. The van der Waals surface area contributed by atoms with Crippen molar-refractivity contribution < 1.29 is 0 Å². The Labute approximate surface area is 173 Å². The van der Waals surface area contributed by atoms with Crippen molar-refractivity contribution in [3.63, 3.8) is 0 Å². The Morgan fingerprint density at radius 2 is 1.46 bits per heavy atom. The van der Waals surface area contributed by atoms with Crippen molar-refractivity contribution in [2.45, 2.75) is 43.9 Å². The Morgan fingerprint density at radius 1 is 0.786 bits per heavy atom. The molecule has 0 saturated carbocycles. The smallest absolute Gasteiger partial charge is 0.0482 e. The average molecular weight is 391 g/mol. The van der Waals surface area contributed by atoms with Crippen LogP contribution in [0.3, 0.4) is 0 Å². The van der Waals surface area contributed by atoms with Crippen LogP contribution in [0.4, 0.5) is 17.1 Å². The summed E-state index contributed by atoms with van der Waals surface area (Å²) in [5, 5.41) is 7.23. The van der Waals surface area contributed by atoms with Gasteiger partial charge in [0.1, 0.15) is 0 Å². The van der Waals surface area contributed by atoms with E-state index >= 15 is 0 Å². The molecular weight excluding hydrogens is 360 g/mol. The second-order valence-corrected chi connectivity index (χ2v) is 8.67. The van der Waals surface area contributed by atoms with E-state index in [0.29, 0.717) is 12.0 Å². The van der Waals surface area contributed by atoms with Gasteiger partial charge in [-0.15, -0.1) is 11.8 Å². The molecule has 146 valence electrons. The molecule has 0 aliphatic rings. The van der Waals surface area contributed by atoms with Crippen LogP contribution in [0.2, 0.25) is 0 Å². The third-order valence-electron chi connectivity index (χ3n) is 4.51. The van der Waals surface area contributed by atoms with Crippen LogP contribution in [0.25, 0.3) is 0 Å². The highest BCUT2D eigenvalue weighted by Gasteiger charge is 2.10. The van der Waals surface area contributed by atoms with Gasteiger partial charge in [0, 0.05) is 33.8 Å². The highest BCUT2D eigenvalue weighted by Crippen LogP contribution is 2.34. The number of para-hydroxylation sites is 1. The topological polar surface area (TPSA) is 24.1 Å². The minimum atomic E-state index is 0.448. The predicted molar refractivity (Wildman–Crippen MR) is 125 cm³/mol. The number of rotatable bonds is 9. The number of nitrogens with one attached hydrogen (secondary N) is 2. The molecule has 0 aliphatic carbocycles. The van der Waals surface area contributed by atoms with Crippen molar-refractivity contribution >= 4 is 28.8 Å². The summed E-state index contributed by atoms with van der Waals surface area (Å²) >= 11 is 1.88. The van der Waals surface area contributed by atoms with Gasteiger partial charge in [-0.05, 0) is 55.2 Å². The van der Waals surface area contributed by atoms with E-state index in [1.54, 1.807) is 0 Å². The van der Waals surface area contributed by atoms with Crippen LogP contribution in [0.5, 0.6) is 0 Å². The first-order chi connectivity index (χ1) is 13.6. The van der Waals surface area contributed by atoms with E-state index in [1.807, 2.05) is 17.8 Å². The minimum Gasteiger partial charge on any atom is -0.382 e. The van der Waals surface area contributed by atoms with Gasteiger partial charge in [-0.1, -0.05) is 62.4 Å². The second-order valence-electron chi connectivity index (χ2n) is 7.65. The molecule has 3 heteroatoms. The van der Waals surface area contributed by atoms with Crippen LogP contribution in [0.1, 0.15) is 32.8 Å². The molecule has 3 aromatic rings. The molecule has 0 fully saturated rings. The van der Waals surface area contributed by atoms with Crippen molar-refractivity contribution in [2.75, 3.05) is 10.6 Å². The minimum absolute atomic E-state index is 0.448. The fourth-order valence-electron chi connectivity index (χ4n) is 3.29. The van der Waals surface area contributed by atoms with Crippen LogP contribution in [0.15, 0.2) is 83.8 Å². The standard InChI is InChI=1S/C25H30N2S/c1-19(2)16-20(3)26-24-15-14-23(27-22-12-8-5-9-13-22)17-25(24)28-18-21-10-6-4-7-11-21/h4-15,17,19-20,26-27H,16,18H2,1-3H3. The van der Waals surface area contributed by atoms with E-state index < -0.39 is 0 Å². The molecule has 3 aromatic carbocycles. The summed E-state index contributed by atoms with van der Waals surface area (Å²) in [5.41, 5.74) is 4.78. The first-order valence-corrected chi connectivity index (χ1v) is 11.0. The third kappa shape index (κ3) is 6.35. The maximum atomic E-state index is 3.72. The summed E-state index contributed by atoms with van der Waals surface area (Å²) in [6.07, 6.45) is 1.16. The lowest BCUT2D eigenvalue weighted by atomic mass is 10.1. The molecule has 0 aliphatic heterocycles. The van der Waals surface area contributed by atoms with Crippen molar-refractivity contribution in [1.29, 1.82) is 0 Å². The molecule has 2 nitrogen and oxygen atoms in total. The molecule has 0 bridgehead atoms. The monoisotopic (exact) mass is 390 g/mol. The maximum absolute atomic E-state index is 3.72. The van der Waals surface area contributed by atoms with Crippen LogP contribution < -0.4 is 10.6 Å². The van der Waals surface area contributed by atoms with Gasteiger partial charge in [0.15, 0.2) is 0 Å². The Bertz CT molecular complexity index is 847. The zero-order valence-corrected chi connectivity index (χ0v) is 17.8. The largest absolute Gasteiger partial charge is 0.382 e. The Morgan fingerprint density at radius 3 is 2.14 bits per heavy atom. The lowest BCUT2D eigenvalue weighted by Gasteiger charge is -2.20. The third-order valence-corrected chi connectivity index (χ3v) is 5.63. The van der Waals surface area contributed by atoms with E-state index in [1.165, 1.54) is 16.1 Å². The quantitative estimate of drug-likeness (QED) is 0.368. The van der Waals surface area contributed by atoms with Gasteiger partial charge in [-0.25, -0.2) is 0 Å². The van der Waals surface area contributed by atoms with Gasteiger partial charge in [0.05, 0.1) is 0 Å². The van der Waals surface area contributed by atoms with Gasteiger partial charge in [0.25, 0.3) is 0 Å². The van der Waals surface area contributed by atoms with E-state index in [9.17, 15) is 0 Å². The summed E-state index contributed by atoms with van der Waals surface area (Å²) in [7, 11) is 0. The van der Waals surface area contributed by atoms with E-state index in [2.05, 4.69) is 104 Å². The Balaban J connectivity index is 1.78. The SMILES string of the molecule is CC(C)CC(C)Nc1ccc(Nc2ccccc2)cc1SCc1ccccc1. The molecule has 1 unspecified atom stereocenters. The van der Waals surface area contributed by atoms with Gasteiger partial charge >= 0.3 is 0 Å². The zero-order valence-electron chi connectivity index (χ0n) is 17.0. The number of thioether (sulfide) groups is 1. The summed E-state index contributed by atoms with van der Waals surface area (Å²) in [4.78, 5) is 1.28. The van der Waals surface area contributed by atoms with Crippen LogP contribution in [-0.2, 0) is 5.75 Å². The molecule has 0 heterocycles. The molecular formula is C25H30N2S. The molecule has 2 N–H and O–H groups in total. The number of benzene rings is 3. The fourth-order valence-corrected chi connectivity index (χ4v) is 4.30. The molecule has 0 saturated heterocycles. The summed E-state index contributed by atoms with van der Waals surface area (Å²) < 4.78 is 0. The highest BCUT2D eigenvalue weighted by molar-refractivity contribution is 7.98. The summed E-state index contributed by atoms with van der Waals surface area (Å²) in [5.74, 6) is 1.64. The number of anilines is 3. The van der Waals surface area contributed by atoms with Crippen LogP contribution in [0, 0.1) is 5.92 Å². The van der Waals surface area contributed by atoms with E-state index in [4.69, 9.17) is 0 Å². The summed E-state index contributed by atoms with van der Waals surface area (Å²) in [6, 6.07) is 28.0. The number of hydrogen-bond acceptors (Lipinski definition) is 3. The van der Waals surface area contributed by atoms with E-state index in [-0.39, 0.29) is 0 Å². The first-order valence-electron chi connectivity index (χ1n) is 9.99. The predicted octanol–water partition coefficient (Wildman–Crippen LogP) is 7.57. The highest BCUT2D eigenvalue weighted by atomic mass is 32.2. The van der Waals surface area contributed by atoms with Gasteiger partial charge in [-0.2, -0.15) is 0 Å². The Kier molecular flexibility index (Phi) is 7.44. The molecule has 0 aromatic heterocycles. The summed E-state index contributed by atoms with van der Waals surface area (Å²) in [6.45, 7) is 6.81. The normalized spacial score (nSPS) is 12.0. The van der Waals surface area contributed by atoms with Gasteiger partial charge in [-0.3, -0.25) is 0 Å².